The van der Waals surface area contributed by atoms with E-state index in [0.717, 1.165) is 0 Å². The van der Waals surface area contributed by atoms with Crippen LogP contribution >= 0.6 is 23.2 Å². The molecule has 136 valence electrons. The average Bonchev–Trinajstić information content (AvgIpc) is 2.95. The third-order valence-electron chi connectivity index (χ3n) is 3.98. The van der Waals surface area contributed by atoms with E-state index < -0.39 is 0 Å². The Morgan fingerprint density at radius 1 is 1.15 bits per heavy atom. The number of carbonyl (C=O) groups excluding carboxylic acids is 2. The normalized spacial score (nSPS) is 13.9. The molecule has 0 aromatic heterocycles. The van der Waals surface area contributed by atoms with Gasteiger partial charge in [0.2, 0.25) is 5.91 Å². The summed E-state index contributed by atoms with van der Waals surface area (Å²) in [7, 11) is 1.51. The summed E-state index contributed by atoms with van der Waals surface area (Å²) in [6.07, 6.45) is 0. The maximum atomic E-state index is 12.6. The van der Waals surface area contributed by atoms with Gasteiger partial charge in [0.15, 0.2) is 0 Å². The van der Waals surface area contributed by atoms with E-state index in [2.05, 4.69) is 5.32 Å². The van der Waals surface area contributed by atoms with Crippen molar-refractivity contribution in [3.63, 3.8) is 0 Å². The molecule has 2 aromatic rings. The third kappa shape index (κ3) is 4.03. The van der Waals surface area contributed by atoms with Crippen molar-refractivity contribution >= 4 is 46.5 Å². The number of amides is 3. The molecule has 1 fully saturated rings. The minimum Gasteiger partial charge on any atom is -0.495 e. The molecule has 1 heterocycles. The van der Waals surface area contributed by atoms with Crippen LogP contribution in [-0.2, 0) is 4.79 Å². The average molecular weight is 394 g/mol. The first kappa shape index (κ1) is 18.4. The highest BCUT2D eigenvalue weighted by atomic mass is 35.5. The quantitative estimate of drug-likeness (QED) is 0.837. The van der Waals surface area contributed by atoms with Crippen LogP contribution in [0.5, 0.6) is 5.75 Å². The number of hydrogen-bond donors (Lipinski definition) is 1. The fourth-order valence-electron chi connectivity index (χ4n) is 2.75. The van der Waals surface area contributed by atoms with Crippen LogP contribution < -0.4 is 15.0 Å². The van der Waals surface area contributed by atoms with Gasteiger partial charge in [-0.25, -0.2) is 4.79 Å². The summed E-state index contributed by atoms with van der Waals surface area (Å²) >= 11 is 11.9. The Morgan fingerprint density at radius 2 is 1.92 bits per heavy atom. The Morgan fingerprint density at radius 3 is 2.65 bits per heavy atom. The van der Waals surface area contributed by atoms with Crippen LogP contribution in [0.25, 0.3) is 0 Å². The van der Waals surface area contributed by atoms with Crippen molar-refractivity contribution in [3.8, 4) is 5.75 Å². The molecule has 0 unspecified atom stereocenters. The highest BCUT2D eigenvalue weighted by molar-refractivity contribution is 6.31. The Balaban J connectivity index is 1.65. The SMILES string of the molecule is COc1ccc(Cl)cc1NC(=O)CN1CCN(c2cccc(Cl)c2)C1=O. The molecule has 0 saturated carbocycles. The number of rotatable bonds is 5. The van der Waals surface area contributed by atoms with Crippen molar-refractivity contribution in [1.29, 1.82) is 0 Å². The van der Waals surface area contributed by atoms with Gasteiger partial charge in [0.1, 0.15) is 12.3 Å². The number of urea groups is 1. The number of hydrogen-bond acceptors (Lipinski definition) is 3. The Labute approximate surface area is 161 Å². The van der Waals surface area contributed by atoms with Gasteiger partial charge in [0.25, 0.3) is 0 Å². The van der Waals surface area contributed by atoms with E-state index in [1.165, 1.54) is 12.0 Å². The van der Waals surface area contributed by atoms with Crippen LogP contribution in [0.2, 0.25) is 10.0 Å². The van der Waals surface area contributed by atoms with E-state index in [1.807, 2.05) is 6.07 Å². The van der Waals surface area contributed by atoms with Crippen LogP contribution in [0, 0.1) is 0 Å². The van der Waals surface area contributed by atoms with Gasteiger partial charge in [-0.05, 0) is 36.4 Å². The van der Waals surface area contributed by atoms with Crippen molar-refractivity contribution in [2.24, 2.45) is 0 Å². The van der Waals surface area contributed by atoms with Crippen LogP contribution in [-0.4, -0.2) is 43.6 Å². The first-order valence-electron chi connectivity index (χ1n) is 7.93. The number of nitrogens with one attached hydrogen (secondary N) is 1. The molecule has 0 spiro atoms. The molecule has 3 amide bonds. The predicted molar refractivity (Wildman–Crippen MR) is 102 cm³/mol. The number of anilines is 2. The van der Waals surface area contributed by atoms with Gasteiger partial charge in [-0.3, -0.25) is 9.69 Å². The van der Waals surface area contributed by atoms with Crippen LogP contribution in [0.3, 0.4) is 0 Å². The molecule has 0 aliphatic carbocycles. The summed E-state index contributed by atoms with van der Waals surface area (Å²) < 4.78 is 5.20. The summed E-state index contributed by atoms with van der Waals surface area (Å²) in [5.74, 6) is 0.169. The zero-order valence-corrected chi connectivity index (χ0v) is 15.5. The largest absolute Gasteiger partial charge is 0.495 e. The van der Waals surface area contributed by atoms with Crippen molar-refractivity contribution in [3.05, 3.63) is 52.5 Å². The predicted octanol–water partition coefficient (Wildman–Crippen LogP) is 3.88. The fraction of sp³-hybridized carbons (Fsp3) is 0.222. The van der Waals surface area contributed by atoms with Crippen molar-refractivity contribution in [2.45, 2.75) is 0 Å². The molecule has 8 heteroatoms. The molecular weight excluding hydrogens is 377 g/mol. The van der Waals surface area contributed by atoms with Gasteiger partial charge in [-0.15, -0.1) is 0 Å². The van der Waals surface area contributed by atoms with Crippen molar-refractivity contribution in [2.75, 3.05) is 37.0 Å². The first-order valence-corrected chi connectivity index (χ1v) is 8.69. The zero-order valence-electron chi connectivity index (χ0n) is 14.0. The minimum atomic E-state index is -0.327. The summed E-state index contributed by atoms with van der Waals surface area (Å²) in [4.78, 5) is 28.0. The molecule has 26 heavy (non-hydrogen) atoms. The molecule has 6 nitrogen and oxygen atoms in total. The Bertz CT molecular complexity index is 844. The highest BCUT2D eigenvalue weighted by Gasteiger charge is 2.31. The van der Waals surface area contributed by atoms with Gasteiger partial charge in [-0.2, -0.15) is 0 Å². The Hall–Kier alpha value is -2.44. The Kier molecular flexibility index (Phi) is 5.54. The number of benzene rings is 2. The number of carbonyl (C=O) groups is 2. The summed E-state index contributed by atoms with van der Waals surface area (Å²) in [5.41, 5.74) is 1.17. The minimum absolute atomic E-state index is 0.0639. The first-order chi connectivity index (χ1) is 12.5. The molecule has 1 aliphatic rings. The van der Waals surface area contributed by atoms with E-state index in [-0.39, 0.29) is 18.5 Å². The molecule has 0 radical (unpaired) electrons. The molecule has 3 rings (SSSR count). The molecular formula is C18H17Cl2N3O3. The highest BCUT2D eigenvalue weighted by Crippen LogP contribution is 2.28. The van der Waals surface area contributed by atoms with E-state index >= 15 is 0 Å². The lowest BCUT2D eigenvalue weighted by Crippen LogP contribution is -2.37. The second kappa shape index (κ2) is 7.85. The van der Waals surface area contributed by atoms with Gasteiger partial charge < -0.3 is 15.0 Å². The maximum Gasteiger partial charge on any atom is 0.325 e. The number of nitrogens with zero attached hydrogens (tertiary/aromatic N) is 2. The summed E-state index contributed by atoms with van der Waals surface area (Å²) in [5, 5.41) is 3.76. The third-order valence-corrected chi connectivity index (χ3v) is 4.46. The molecule has 0 atom stereocenters. The fourth-order valence-corrected chi connectivity index (χ4v) is 3.11. The lowest BCUT2D eigenvalue weighted by Gasteiger charge is -2.19. The summed E-state index contributed by atoms with van der Waals surface area (Å²) in [6.45, 7) is 0.879. The van der Waals surface area contributed by atoms with Gasteiger partial charge in [-0.1, -0.05) is 29.3 Å². The number of methoxy groups -OCH3 is 1. The lowest BCUT2D eigenvalue weighted by atomic mass is 10.3. The van der Waals surface area contributed by atoms with Crippen LogP contribution in [0.1, 0.15) is 0 Å². The topological polar surface area (TPSA) is 61.9 Å². The molecule has 2 aromatic carbocycles. The molecule has 1 aliphatic heterocycles. The second-order valence-corrected chi connectivity index (χ2v) is 6.60. The van der Waals surface area contributed by atoms with Gasteiger partial charge >= 0.3 is 6.03 Å². The van der Waals surface area contributed by atoms with E-state index in [4.69, 9.17) is 27.9 Å². The number of ether oxygens (including phenoxy) is 1. The zero-order chi connectivity index (χ0) is 18.7. The van der Waals surface area contributed by atoms with Crippen LogP contribution in [0.15, 0.2) is 42.5 Å². The van der Waals surface area contributed by atoms with Crippen molar-refractivity contribution < 1.29 is 14.3 Å². The van der Waals surface area contributed by atoms with Crippen LogP contribution in [0.4, 0.5) is 16.2 Å². The van der Waals surface area contributed by atoms with E-state index in [0.29, 0.717) is 40.3 Å². The van der Waals surface area contributed by atoms with Crippen molar-refractivity contribution in [1.82, 2.24) is 4.90 Å². The monoisotopic (exact) mass is 393 g/mol. The molecule has 1 N–H and O–H groups in total. The lowest BCUT2D eigenvalue weighted by molar-refractivity contribution is -0.116. The van der Waals surface area contributed by atoms with Gasteiger partial charge in [0, 0.05) is 28.8 Å². The number of halogens is 2. The van der Waals surface area contributed by atoms with Gasteiger partial charge in [0.05, 0.1) is 12.8 Å². The smallest absolute Gasteiger partial charge is 0.325 e. The second-order valence-electron chi connectivity index (χ2n) is 5.73. The summed E-state index contributed by atoms with van der Waals surface area (Å²) in [6, 6.07) is 11.8. The standard InChI is InChI=1S/C18H17Cl2N3O3/c1-26-16-6-5-13(20)10-15(16)21-17(24)11-22-7-8-23(18(22)25)14-4-2-3-12(19)9-14/h2-6,9-10H,7-8,11H2,1H3,(H,21,24). The maximum absolute atomic E-state index is 12.6. The van der Waals surface area contributed by atoms with E-state index in [9.17, 15) is 9.59 Å². The van der Waals surface area contributed by atoms with E-state index in [1.54, 1.807) is 41.3 Å². The molecule has 1 saturated heterocycles. The molecule has 0 bridgehead atoms.